The number of aromatic nitrogens is 2. The highest BCUT2D eigenvalue weighted by atomic mass is 16.2. The Kier molecular flexibility index (Phi) is 5.50. The number of nitrogens with one attached hydrogen (secondary N) is 1. The van der Waals surface area contributed by atoms with E-state index in [0.29, 0.717) is 5.69 Å². The Hall–Kier alpha value is -4.18. The molecule has 0 spiro atoms. The Morgan fingerprint density at radius 2 is 1.41 bits per heavy atom. The summed E-state index contributed by atoms with van der Waals surface area (Å²) in [6.07, 6.45) is 0. The van der Waals surface area contributed by atoms with Crippen LogP contribution in [-0.4, -0.2) is 15.7 Å². The fourth-order valence-corrected chi connectivity index (χ4v) is 4.48. The molecule has 4 aromatic carbocycles. The minimum Gasteiger partial charge on any atom is -0.320 e. The predicted molar refractivity (Wildman–Crippen MR) is 140 cm³/mol. The lowest BCUT2D eigenvalue weighted by molar-refractivity contribution is 0.102. The van der Waals surface area contributed by atoms with E-state index in [1.165, 1.54) is 16.5 Å². The van der Waals surface area contributed by atoms with Crippen molar-refractivity contribution in [2.45, 2.75) is 27.7 Å². The molecule has 0 saturated carbocycles. The summed E-state index contributed by atoms with van der Waals surface area (Å²) in [4.78, 5) is 13.3. The summed E-state index contributed by atoms with van der Waals surface area (Å²) >= 11 is 0. The van der Waals surface area contributed by atoms with E-state index in [2.05, 4.69) is 73.8 Å². The summed E-state index contributed by atoms with van der Waals surface area (Å²) in [7, 11) is 0. The maximum Gasteiger partial charge on any atom is 0.276 e. The molecule has 0 radical (unpaired) electrons. The maximum absolute atomic E-state index is 13.3. The third kappa shape index (κ3) is 4.11. The number of aryl methyl sites for hydroxylation is 4. The van der Waals surface area contributed by atoms with Crippen molar-refractivity contribution in [1.29, 1.82) is 0 Å². The van der Waals surface area contributed by atoms with Crippen LogP contribution in [0.2, 0.25) is 0 Å². The number of carbonyl (C=O) groups is 1. The molecular formula is C30H27N3O. The molecule has 0 aliphatic heterocycles. The zero-order valence-electron chi connectivity index (χ0n) is 19.9. The zero-order chi connectivity index (χ0) is 23.8. The standard InChI is InChI=1S/C30H27N3O/c1-19-9-13-26(14-10-19)33-28(25-12-11-23-7-5-6-8-24(23)17-25)18-27(32-33)30(34)31-29-21(3)15-20(2)16-22(29)4/h5-18H,1-4H3,(H,31,34). The fraction of sp³-hybridized carbons (Fsp3) is 0.133. The van der Waals surface area contributed by atoms with E-state index in [1.807, 2.05) is 48.9 Å². The summed E-state index contributed by atoms with van der Waals surface area (Å²) in [6, 6.07) is 28.8. The van der Waals surface area contributed by atoms with E-state index in [9.17, 15) is 4.79 Å². The van der Waals surface area contributed by atoms with Gasteiger partial charge in [-0.15, -0.1) is 0 Å². The van der Waals surface area contributed by atoms with Gasteiger partial charge in [0.1, 0.15) is 0 Å². The first-order valence-corrected chi connectivity index (χ1v) is 11.4. The first kappa shape index (κ1) is 21.7. The molecule has 34 heavy (non-hydrogen) atoms. The lowest BCUT2D eigenvalue weighted by Crippen LogP contribution is -2.15. The molecule has 0 atom stereocenters. The number of benzene rings is 4. The van der Waals surface area contributed by atoms with Crippen molar-refractivity contribution in [2.24, 2.45) is 0 Å². The van der Waals surface area contributed by atoms with Gasteiger partial charge < -0.3 is 5.32 Å². The molecule has 0 saturated heterocycles. The predicted octanol–water partition coefficient (Wildman–Crippen LogP) is 7.18. The lowest BCUT2D eigenvalue weighted by Gasteiger charge is -2.12. The number of hydrogen-bond donors (Lipinski definition) is 1. The molecule has 1 heterocycles. The van der Waals surface area contributed by atoms with Crippen LogP contribution in [0.1, 0.15) is 32.7 Å². The van der Waals surface area contributed by atoms with Crippen LogP contribution in [0.3, 0.4) is 0 Å². The van der Waals surface area contributed by atoms with Gasteiger partial charge >= 0.3 is 0 Å². The second-order valence-electron chi connectivity index (χ2n) is 8.95. The van der Waals surface area contributed by atoms with Crippen molar-refractivity contribution in [3.05, 3.63) is 113 Å². The van der Waals surface area contributed by atoms with E-state index in [-0.39, 0.29) is 5.91 Å². The minimum absolute atomic E-state index is 0.219. The third-order valence-electron chi connectivity index (χ3n) is 6.18. The van der Waals surface area contributed by atoms with Crippen LogP contribution in [0, 0.1) is 27.7 Å². The van der Waals surface area contributed by atoms with E-state index < -0.39 is 0 Å². The SMILES string of the molecule is Cc1ccc(-n2nc(C(=O)Nc3c(C)cc(C)cc3C)cc2-c2ccc3ccccc3c2)cc1. The monoisotopic (exact) mass is 445 g/mol. The first-order chi connectivity index (χ1) is 16.4. The van der Waals surface area contributed by atoms with Gasteiger partial charge in [-0.1, -0.05) is 71.8 Å². The van der Waals surface area contributed by atoms with Crippen LogP contribution >= 0.6 is 0 Å². The Labute approximate surface area is 199 Å². The highest BCUT2D eigenvalue weighted by Crippen LogP contribution is 2.29. The largest absolute Gasteiger partial charge is 0.320 e. The average molecular weight is 446 g/mol. The molecule has 5 aromatic rings. The van der Waals surface area contributed by atoms with E-state index in [4.69, 9.17) is 5.10 Å². The molecule has 168 valence electrons. The highest BCUT2D eigenvalue weighted by molar-refractivity contribution is 6.04. The summed E-state index contributed by atoms with van der Waals surface area (Å²) in [5, 5.41) is 10.2. The van der Waals surface area contributed by atoms with Gasteiger partial charge in [-0.25, -0.2) is 4.68 Å². The second-order valence-corrected chi connectivity index (χ2v) is 8.95. The van der Waals surface area contributed by atoms with Gasteiger partial charge in [0, 0.05) is 11.3 Å². The quantitative estimate of drug-likeness (QED) is 0.318. The third-order valence-corrected chi connectivity index (χ3v) is 6.18. The second kappa shape index (κ2) is 8.64. The average Bonchev–Trinajstić information content (AvgIpc) is 3.27. The highest BCUT2D eigenvalue weighted by Gasteiger charge is 2.18. The van der Waals surface area contributed by atoms with Gasteiger partial charge in [-0.05, 0) is 73.9 Å². The van der Waals surface area contributed by atoms with Gasteiger partial charge in [0.25, 0.3) is 5.91 Å². The molecule has 5 rings (SSSR count). The summed E-state index contributed by atoms with van der Waals surface area (Å²) in [5.41, 5.74) is 8.44. The Balaban J connectivity index is 1.60. The summed E-state index contributed by atoms with van der Waals surface area (Å²) in [6.45, 7) is 8.15. The van der Waals surface area contributed by atoms with Crippen molar-refractivity contribution in [3.63, 3.8) is 0 Å². The summed E-state index contributed by atoms with van der Waals surface area (Å²) in [5.74, 6) is -0.219. The molecule has 0 aliphatic rings. The molecule has 0 unspecified atom stereocenters. The number of fused-ring (bicyclic) bond motifs is 1. The molecule has 4 nitrogen and oxygen atoms in total. The van der Waals surface area contributed by atoms with E-state index in [0.717, 1.165) is 39.1 Å². The van der Waals surface area contributed by atoms with Crippen LogP contribution in [-0.2, 0) is 0 Å². The van der Waals surface area contributed by atoms with Crippen LogP contribution < -0.4 is 5.32 Å². The Morgan fingerprint density at radius 1 is 0.735 bits per heavy atom. The molecule has 1 amide bonds. The fourth-order valence-electron chi connectivity index (χ4n) is 4.48. The van der Waals surface area contributed by atoms with Crippen molar-refractivity contribution >= 4 is 22.4 Å². The van der Waals surface area contributed by atoms with Crippen LogP contribution in [0.25, 0.3) is 27.7 Å². The van der Waals surface area contributed by atoms with Crippen molar-refractivity contribution in [1.82, 2.24) is 9.78 Å². The van der Waals surface area contributed by atoms with Gasteiger partial charge in [0.05, 0.1) is 11.4 Å². The zero-order valence-corrected chi connectivity index (χ0v) is 19.9. The van der Waals surface area contributed by atoms with E-state index >= 15 is 0 Å². The molecule has 0 fully saturated rings. The van der Waals surface area contributed by atoms with Gasteiger partial charge in [0.2, 0.25) is 0 Å². The normalized spacial score (nSPS) is 11.1. The molecule has 1 N–H and O–H groups in total. The van der Waals surface area contributed by atoms with Crippen molar-refractivity contribution in [3.8, 4) is 16.9 Å². The number of anilines is 1. The molecular weight excluding hydrogens is 418 g/mol. The van der Waals surface area contributed by atoms with Gasteiger partial charge in [-0.2, -0.15) is 5.10 Å². The Morgan fingerprint density at radius 3 is 2.12 bits per heavy atom. The minimum atomic E-state index is -0.219. The molecule has 0 bridgehead atoms. The Bertz CT molecular complexity index is 1500. The van der Waals surface area contributed by atoms with Crippen LogP contribution in [0.5, 0.6) is 0 Å². The smallest absolute Gasteiger partial charge is 0.276 e. The number of nitrogens with zero attached hydrogens (tertiary/aromatic N) is 2. The number of hydrogen-bond acceptors (Lipinski definition) is 2. The lowest BCUT2D eigenvalue weighted by atomic mass is 10.0. The van der Waals surface area contributed by atoms with Gasteiger partial charge in [-0.3, -0.25) is 4.79 Å². The van der Waals surface area contributed by atoms with Crippen LogP contribution in [0.4, 0.5) is 5.69 Å². The van der Waals surface area contributed by atoms with Gasteiger partial charge in [0.15, 0.2) is 5.69 Å². The number of amides is 1. The molecule has 1 aromatic heterocycles. The van der Waals surface area contributed by atoms with E-state index in [1.54, 1.807) is 0 Å². The summed E-state index contributed by atoms with van der Waals surface area (Å²) < 4.78 is 1.85. The number of rotatable bonds is 4. The molecule has 0 aliphatic carbocycles. The first-order valence-electron chi connectivity index (χ1n) is 11.4. The maximum atomic E-state index is 13.3. The molecule has 4 heteroatoms. The topological polar surface area (TPSA) is 46.9 Å². The van der Waals surface area contributed by atoms with Crippen LogP contribution in [0.15, 0.2) is 84.9 Å². The van der Waals surface area contributed by atoms with Crippen molar-refractivity contribution in [2.75, 3.05) is 5.32 Å². The number of carbonyl (C=O) groups excluding carboxylic acids is 1. The van der Waals surface area contributed by atoms with Crippen molar-refractivity contribution < 1.29 is 4.79 Å².